The number of methoxy groups -OCH3 is 1. The molecule has 1 atom stereocenters. The number of thiazole rings is 1. The van der Waals surface area contributed by atoms with Gasteiger partial charge in [0.2, 0.25) is 0 Å². The fraction of sp³-hybridized carbons (Fsp3) is 0.235. The summed E-state index contributed by atoms with van der Waals surface area (Å²) in [6, 6.07) is 19.2. The van der Waals surface area contributed by atoms with Gasteiger partial charge in [0.15, 0.2) is 4.80 Å². The number of hydrogen-bond donors (Lipinski definition) is 0. The molecule has 3 aromatic carbocycles. The Hall–Kier alpha value is -4.17. The maximum atomic E-state index is 14.1. The lowest BCUT2D eigenvalue weighted by Crippen LogP contribution is -2.40. The number of rotatable bonds is 10. The topological polar surface area (TPSA) is 103 Å². The summed E-state index contributed by atoms with van der Waals surface area (Å²) in [7, 11) is 1.53. The number of fused-ring (bicyclic) bond motifs is 1. The van der Waals surface area contributed by atoms with E-state index in [0.717, 1.165) is 17.5 Å². The second kappa shape index (κ2) is 14.3. The van der Waals surface area contributed by atoms with Crippen molar-refractivity contribution >= 4 is 50.9 Å². The maximum absolute atomic E-state index is 14.1. The molecule has 0 unspecified atom stereocenters. The number of nitriles is 1. The quantitative estimate of drug-likeness (QED) is 0.176. The van der Waals surface area contributed by atoms with Gasteiger partial charge in [-0.05, 0) is 77.3 Å². The number of carbonyl (C=O) groups excluding carboxylic acids is 1. The van der Waals surface area contributed by atoms with Crippen LogP contribution in [0.15, 0.2) is 86.2 Å². The number of halogens is 2. The van der Waals surface area contributed by atoms with E-state index in [1.807, 2.05) is 37.3 Å². The Morgan fingerprint density at radius 1 is 1.16 bits per heavy atom. The summed E-state index contributed by atoms with van der Waals surface area (Å²) in [6.45, 7) is 4.14. The smallest absolute Gasteiger partial charge is 0.338 e. The van der Waals surface area contributed by atoms with E-state index < -0.39 is 12.0 Å². The van der Waals surface area contributed by atoms with Crippen molar-refractivity contribution < 1.29 is 19.0 Å². The summed E-state index contributed by atoms with van der Waals surface area (Å²) < 4.78 is 19.8. The van der Waals surface area contributed by atoms with Crippen LogP contribution < -0.4 is 24.4 Å². The van der Waals surface area contributed by atoms with Crippen LogP contribution in [0.4, 0.5) is 0 Å². The molecule has 0 spiro atoms. The Morgan fingerprint density at radius 3 is 2.64 bits per heavy atom. The van der Waals surface area contributed by atoms with E-state index in [0.29, 0.717) is 59.1 Å². The highest BCUT2D eigenvalue weighted by Crippen LogP contribution is 2.38. The van der Waals surface area contributed by atoms with Crippen LogP contribution in [0.5, 0.6) is 11.5 Å². The summed E-state index contributed by atoms with van der Waals surface area (Å²) >= 11 is 11.2. The zero-order valence-electron chi connectivity index (χ0n) is 24.8. The minimum Gasteiger partial charge on any atom is -0.496 e. The van der Waals surface area contributed by atoms with E-state index in [2.05, 4.69) is 22.0 Å². The fourth-order valence-corrected chi connectivity index (χ4v) is 6.83. The molecule has 1 aliphatic heterocycles. The SMILES string of the molecule is CCCC1=C(C(=O)OCC)[C@H](c2cc(Cl)ccc2OC)n2c(s/c(=C/c3ccc(OCc4ccccc4C#N)c(Br)c3)c2=O)=N1. The van der Waals surface area contributed by atoms with Gasteiger partial charge in [-0.15, -0.1) is 0 Å². The van der Waals surface area contributed by atoms with Crippen LogP contribution in [-0.2, 0) is 16.1 Å². The molecule has 0 saturated carbocycles. The van der Waals surface area contributed by atoms with Crippen molar-refractivity contribution in [2.45, 2.75) is 39.3 Å². The van der Waals surface area contributed by atoms with Crippen molar-refractivity contribution in [3.8, 4) is 17.6 Å². The first-order chi connectivity index (χ1) is 21.8. The number of carbonyl (C=O) groups is 1. The van der Waals surface area contributed by atoms with Gasteiger partial charge in [-0.3, -0.25) is 9.36 Å². The van der Waals surface area contributed by atoms with Gasteiger partial charge in [0.05, 0.1) is 45.6 Å². The second-order valence-corrected chi connectivity index (χ2v) is 12.3. The molecule has 0 aliphatic carbocycles. The summed E-state index contributed by atoms with van der Waals surface area (Å²) in [5.41, 5.74) is 3.21. The van der Waals surface area contributed by atoms with E-state index in [4.69, 9.17) is 30.8 Å². The zero-order chi connectivity index (χ0) is 32.1. The van der Waals surface area contributed by atoms with E-state index in [9.17, 15) is 14.9 Å². The third-order valence-electron chi connectivity index (χ3n) is 7.15. The van der Waals surface area contributed by atoms with Gasteiger partial charge >= 0.3 is 5.97 Å². The highest BCUT2D eigenvalue weighted by Gasteiger charge is 2.36. The van der Waals surface area contributed by atoms with Crippen LogP contribution in [0.1, 0.15) is 55.0 Å². The monoisotopic (exact) mass is 705 g/mol. The molecule has 0 N–H and O–H groups in total. The van der Waals surface area contributed by atoms with Crippen LogP contribution in [0, 0.1) is 11.3 Å². The van der Waals surface area contributed by atoms with Gasteiger partial charge in [0, 0.05) is 16.1 Å². The summed E-state index contributed by atoms with van der Waals surface area (Å²) in [5.74, 6) is 0.538. The molecule has 45 heavy (non-hydrogen) atoms. The van der Waals surface area contributed by atoms with Gasteiger partial charge in [0.25, 0.3) is 5.56 Å². The Bertz CT molecular complexity index is 2030. The molecule has 5 rings (SSSR count). The molecule has 0 saturated heterocycles. The van der Waals surface area contributed by atoms with Crippen molar-refractivity contribution in [3.63, 3.8) is 0 Å². The summed E-state index contributed by atoms with van der Waals surface area (Å²) in [5, 5.41) is 9.81. The number of allylic oxidation sites excluding steroid dienone is 1. The molecule has 1 aliphatic rings. The Balaban J connectivity index is 1.60. The van der Waals surface area contributed by atoms with Gasteiger partial charge in [-0.2, -0.15) is 5.26 Å². The predicted octanol–water partition coefficient (Wildman–Crippen LogP) is 6.45. The summed E-state index contributed by atoms with van der Waals surface area (Å²) in [4.78, 5) is 32.8. The number of hydrogen-bond acceptors (Lipinski definition) is 8. The first-order valence-electron chi connectivity index (χ1n) is 14.2. The van der Waals surface area contributed by atoms with Crippen molar-refractivity contribution in [1.29, 1.82) is 5.26 Å². The minimum absolute atomic E-state index is 0.172. The first-order valence-corrected chi connectivity index (χ1v) is 16.2. The van der Waals surface area contributed by atoms with Crippen LogP contribution in [0.25, 0.3) is 6.08 Å². The average Bonchev–Trinajstić information content (AvgIpc) is 3.34. The van der Waals surface area contributed by atoms with Crippen LogP contribution in [0.2, 0.25) is 5.02 Å². The highest BCUT2D eigenvalue weighted by molar-refractivity contribution is 9.10. The van der Waals surface area contributed by atoms with Crippen LogP contribution >= 0.6 is 38.9 Å². The normalized spacial score (nSPS) is 14.4. The number of nitrogens with zero attached hydrogens (tertiary/aromatic N) is 3. The van der Waals surface area contributed by atoms with Gasteiger partial charge < -0.3 is 14.2 Å². The average molecular weight is 707 g/mol. The lowest BCUT2D eigenvalue weighted by Gasteiger charge is -2.27. The third kappa shape index (κ3) is 6.76. The van der Waals surface area contributed by atoms with E-state index in [1.165, 1.54) is 23.0 Å². The predicted molar refractivity (Wildman–Crippen MR) is 177 cm³/mol. The van der Waals surface area contributed by atoms with E-state index >= 15 is 0 Å². The Labute approximate surface area is 277 Å². The first kappa shape index (κ1) is 32.2. The van der Waals surface area contributed by atoms with Gasteiger partial charge in [-0.25, -0.2) is 9.79 Å². The standard InChI is InChI=1S/C34H29BrClN3O5S/c1-4-8-26-30(33(41)43-5-2)31(24-17-23(36)12-14-27(24)42-3)39-32(40)29(45-34(39)38-26)16-20-11-13-28(25(35)15-20)44-19-22-10-7-6-9-21(22)18-37/h6-7,9-17,31H,4-5,8,19H2,1-3H3/b29-16+/t31-/m0/s1. The molecule has 2 heterocycles. The summed E-state index contributed by atoms with van der Waals surface area (Å²) in [6.07, 6.45) is 3.04. The molecule has 230 valence electrons. The minimum atomic E-state index is -0.851. The molecule has 0 radical (unpaired) electrons. The van der Waals surface area contributed by atoms with Crippen LogP contribution in [-0.4, -0.2) is 24.3 Å². The lowest BCUT2D eigenvalue weighted by atomic mass is 9.93. The van der Waals surface area contributed by atoms with Crippen molar-refractivity contribution in [2.24, 2.45) is 4.99 Å². The van der Waals surface area contributed by atoms with Gasteiger partial charge in [0.1, 0.15) is 24.1 Å². The fourth-order valence-electron chi connectivity index (χ4n) is 5.12. The second-order valence-electron chi connectivity index (χ2n) is 10.0. The Morgan fingerprint density at radius 2 is 1.93 bits per heavy atom. The van der Waals surface area contributed by atoms with E-state index in [-0.39, 0.29) is 18.8 Å². The molecule has 4 aromatic rings. The van der Waals surface area contributed by atoms with Crippen molar-refractivity contribution in [1.82, 2.24) is 4.57 Å². The maximum Gasteiger partial charge on any atom is 0.338 e. The highest BCUT2D eigenvalue weighted by atomic mass is 79.9. The molecule has 0 amide bonds. The molecule has 0 bridgehead atoms. The molecular formula is C34H29BrClN3O5S. The number of esters is 1. The van der Waals surface area contributed by atoms with Crippen molar-refractivity contribution in [2.75, 3.05) is 13.7 Å². The van der Waals surface area contributed by atoms with E-state index in [1.54, 1.807) is 43.3 Å². The number of aromatic nitrogens is 1. The van der Waals surface area contributed by atoms with Gasteiger partial charge in [-0.1, -0.05) is 60.5 Å². The number of ether oxygens (including phenoxy) is 3. The molecule has 0 fully saturated rings. The number of benzene rings is 3. The molecule has 1 aromatic heterocycles. The van der Waals surface area contributed by atoms with Crippen LogP contribution in [0.3, 0.4) is 0 Å². The Kier molecular flexibility index (Phi) is 10.2. The molecule has 8 nitrogen and oxygen atoms in total. The third-order valence-corrected chi connectivity index (χ3v) is 8.99. The molecular weight excluding hydrogens is 678 g/mol. The zero-order valence-corrected chi connectivity index (χ0v) is 28.0. The molecule has 11 heteroatoms. The lowest BCUT2D eigenvalue weighted by molar-refractivity contribution is -0.139. The largest absolute Gasteiger partial charge is 0.496 e. The van der Waals surface area contributed by atoms with Crippen molar-refractivity contribution in [3.05, 3.63) is 123 Å².